The summed E-state index contributed by atoms with van der Waals surface area (Å²) in [5.41, 5.74) is 2.32. The van der Waals surface area contributed by atoms with Crippen LogP contribution < -0.4 is 10.9 Å². The summed E-state index contributed by atoms with van der Waals surface area (Å²) in [6.07, 6.45) is 3.10. The van der Waals surface area contributed by atoms with Crippen LogP contribution in [0, 0.1) is 12.8 Å². The van der Waals surface area contributed by atoms with Crippen LogP contribution in [0.1, 0.15) is 24.8 Å². The number of H-pyrrole nitrogens is 1. The van der Waals surface area contributed by atoms with Crippen molar-refractivity contribution < 1.29 is 4.79 Å². The lowest BCUT2D eigenvalue weighted by atomic mass is 9.85. The monoisotopic (exact) mass is 256 g/mol. The van der Waals surface area contributed by atoms with Crippen molar-refractivity contribution in [2.24, 2.45) is 5.92 Å². The molecule has 0 aliphatic heterocycles. The third kappa shape index (κ3) is 2.26. The SMILES string of the molecule is Cc1cc(=O)[nH]c2cc(NC(=O)C3CCC3)ccc12. The van der Waals surface area contributed by atoms with Crippen LogP contribution in [0.3, 0.4) is 0 Å². The van der Waals surface area contributed by atoms with Gasteiger partial charge in [-0.05, 0) is 37.5 Å². The van der Waals surface area contributed by atoms with Gasteiger partial charge in [-0.15, -0.1) is 0 Å². The second kappa shape index (κ2) is 4.53. The van der Waals surface area contributed by atoms with Crippen LogP contribution in [-0.4, -0.2) is 10.9 Å². The average molecular weight is 256 g/mol. The molecule has 0 spiro atoms. The zero-order valence-corrected chi connectivity index (χ0v) is 10.8. The Morgan fingerprint density at radius 2 is 2.11 bits per heavy atom. The molecule has 0 bridgehead atoms. The number of aromatic amines is 1. The normalized spacial score (nSPS) is 15.2. The molecule has 4 heteroatoms. The van der Waals surface area contributed by atoms with E-state index in [1.807, 2.05) is 25.1 Å². The van der Waals surface area contributed by atoms with E-state index >= 15 is 0 Å². The van der Waals surface area contributed by atoms with Crippen LogP contribution in [0.15, 0.2) is 29.1 Å². The van der Waals surface area contributed by atoms with Crippen LogP contribution >= 0.6 is 0 Å². The van der Waals surface area contributed by atoms with E-state index in [9.17, 15) is 9.59 Å². The Hall–Kier alpha value is -2.10. The number of nitrogens with one attached hydrogen (secondary N) is 2. The van der Waals surface area contributed by atoms with Gasteiger partial charge in [-0.25, -0.2) is 0 Å². The van der Waals surface area contributed by atoms with Crippen molar-refractivity contribution in [3.63, 3.8) is 0 Å². The van der Waals surface area contributed by atoms with Gasteiger partial charge in [0.25, 0.3) is 0 Å². The fraction of sp³-hybridized carbons (Fsp3) is 0.333. The Balaban J connectivity index is 1.92. The number of benzene rings is 1. The molecule has 19 heavy (non-hydrogen) atoms. The van der Waals surface area contributed by atoms with Crippen LogP contribution in [0.2, 0.25) is 0 Å². The molecular weight excluding hydrogens is 240 g/mol. The van der Waals surface area contributed by atoms with Crippen molar-refractivity contribution in [1.82, 2.24) is 4.98 Å². The lowest BCUT2D eigenvalue weighted by molar-refractivity contribution is -0.122. The summed E-state index contributed by atoms with van der Waals surface area (Å²) in [6, 6.07) is 7.20. The molecule has 1 fully saturated rings. The number of amides is 1. The minimum Gasteiger partial charge on any atom is -0.326 e. The highest BCUT2D eigenvalue weighted by Crippen LogP contribution is 2.28. The Morgan fingerprint density at radius 3 is 2.79 bits per heavy atom. The van der Waals surface area contributed by atoms with Gasteiger partial charge >= 0.3 is 0 Å². The molecule has 2 N–H and O–H groups in total. The maximum absolute atomic E-state index is 11.9. The number of carbonyl (C=O) groups excluding carboxylic acids is 1. The summed E-state index contributed by atoms with van der Waals surface area (Å²) in [6.45, 7) is 1.91. The molecule has 1 aliphatic rings. The molecule has 3 rings (SSSR count). The smallest absolute Gasteiger partial charge is 0.248 e. The third-order valence-corrected chi connectivity index (χ3v) is 3.79. The van der Waals surface area contributed by atoms with E-state index in [0.29, 0.717) is 0 Å². The largest absolute Gasteiger partial charge is 0.326 e. The lowest BCUT2D eigenvalue weighted by Crippen LogP contribution is -2.28. The van der Waals surface area contributed by atoms with E-state index < -0.39 is 0 Å². The van der Waals surface area contributed by atoms with Crippen LogP contribution in [-0.2, 0) is 4.79 Å². The van der Waals surface area contributed by atoms with Gasteiger partial charge in [0.1, 0.15) is 0 Å². The highest BCUT2D eigenvalue weighted by atomic mass is 16.2. The number of carbonyl (C=O) groups is 1. The second-order valence-electron chi connectivity index (χ2n) is 5.19. The lowest BCUT2D eigenvalue weighted by Gasteiger charge is -2.24. The predicted molar refractivity (Wildman–Crippen MR) is 75.3 cm³/mol. The number of rotatable bonds is 2. The van der Waals surface area contributed by atoms with Crippen LogP contribution in [0.4, 0.5) is 5.69 Å². The van der Waals surface area contributed by atoms with Gasteiger partial charge in [-0.1, -0.05) is 12.5 Å². The van der Waals surface area contributed by atoms with E-state index in [-0.39, 0.29) is 17.4 Å². The molecule has 0 saturated heterocycles. The summed E-state index contributed by atoms with van der Waals surface area (Å²) >= 11 is 0. The fourth-order valence-corrected chi connectivity index (χ4v) is 2.43. The quantitative estimate of drug-likeness (QED) is 0.867. The molecule has 1 aromatic carbocycles. The molecule has 98 valence electrons. The Morgan fingerprint density at radius 1 is 1.32 bits per heavy atom. The molecule has 1 aromatic heterocycles. The minimum absolute atomic E-state index is 0.0839. The molecule has 0 atom stereocenters. The number of hydrogen-bond acceptors (Lipinski definition) is 2. The Kier molecular flexibility index (Phi) is 2.85. The number of aryl methyl sites for hydroxylation is 1. The zero-order valence-electron chi connectivity index (χ0n) is 10.8. The topological polar surface area (TPSA) is 62.0 Å². The van der Waals surface area contributed by atoms with Gasteiger partial charge in [0, 0.05) is 23.1 Å². The van der Waals surface area contributed by atoms with E-state index in [1.54, 1.807) is 6.07 Å². The van der Waals surface area contributed by atoms with Gasteiger partial charge in [0.2, 0.25) is 11.5 Å². The first-order chi connectivity index (χ1) is 9.13. The second-order valence-corrected chi connectivity index (χ2v) is 5.19. The first kappa shape index (κ1) is 12.0. The highest BCUT2D eigenvalue weighted by Gasteiger charge is 2.25. The summed E-state index contributed by atoms with van der Waals surface area (Å²) in [4.78, 5) is 26.1. The average Bonchev–Trinajstić information content (AvgIpc) is 2.25. The molecule has 1 saturated carbocycles. The van der Waals surface area contributed by atoms with Gasteiger partial charge in [-0.2, -0.15) is 0 Å². The minimum atomic E-state index is -0.118. The first-order valence-corrected chi connectivity index (χ1v) is 6.58. The first-order valence-electron chi connectivity index (χ1n) is 6.58. The standard InChI is InChI=1S/C15H16N2O2/c1-9-7-14(18)17-13-8-11(5-6-12(9)13)16-15(19)10-3-2-4-10/h5-8,10H,2-4H2,1H3,(H,16,19)(H,17,18). The summed E-state index contributed by atoms with van der Waals surface area (Å²) in [5.74, 6) is 0.243. The fourth-order valence-electron chi connectivity index (χ4n) is 2.43. The molecule has 1 amide bonds. The molecule has 0 radical (unpaired) electrons. The van der Waals surface area contributed by atoms with E-state index in [0.717, 1.165) is 41.4 Å². The van der Waals surface area contributed by atoms with Crippen molar-refractivity contribution >= 4 is 22.5 Å². The zero-order chi connectivity index (χ0) is 13.4. The summed E-state index contributed by atoms with van der Waals surface area (Å²) < 4.78 is 0. The van der Waals surface area contributed by atoms with Gasteiger partial charge < -0.3 is 10.3 Å². The van der Waals surface area contributed by atoms with Gasteiger partial charge in [-0.3, -0.25) is 9.59 Å². The van der Waals surface area contributed by atoms with Crippen molar-refractivity contribution in [1.29, 1.82) is 0 Å². The molecule has 1 aliphatic carbocycles. The Bertz CT molecular complexity index is 699. The molecule has 1 heterocycles. The highest BCUT2D eigenvalue weighted by molar-refractivity contribution is 5.95. The molecule has 4 nitrogen and oxygen atoms in total. The molecule has 0 unspecified atom stereocenters. The van der Waals surface area contributed by atoms with E-state index in [2.05, 4.69) is 10.3 Å². The molecular formula is C15H16N2O2. The summed E-state index contributed by atoms with van der Waals surface area (Å²) in [5, 5.41) is 3.92. The maximum Gasteiger partial charge on any atom is 0.248 e. The maximum atomic E-state index is 11.9. The van der Waals surface area contributed by atoms with Gasteiger partial charge in [0.15, 0.2) is 0 Å². The molecule has 2 aromatic rings. The van der Waals surface area contributed by atoms with Gasteiger partial charge in [0.05, 0.1) is 5.52 Å². The number of hydrogen-bond donors (Lipinski definition) is 2. The van der Waals surface area contributed by atoms with Crippen molar-refractivity contribution in [3.05, 3.63) is 40.2 Å². The summed E-state index contributed by atoms with van der Waals surface area (Å²) in [7, 11) is 0. The van der Waals surface area contributed by atoms with Crippen LogP contribution in [0.25, 0.3) is 10.9 Å². The number of anilines is 1. The Labute approximate surface area is 110 Å². The van der Waals surface area contributed by atoms with Crippen molar-refractivity contribution in [2.45, 2.75) is 26.2 Å². The van der Waals surface area contributed by atoms with Crippen molar-refractivity contribution in [3.8, 4) is 0 Å². The van der Waals surface area contributed by atoms with Crippen molar-refractivity contribution in [2.75, 3.05) is 5.32 Å². The third-order valence-electron chi connectivity index (χ3n) is 3.79. The predicted octanol–water partition coefficient (Wildman–Crippen LogP) is 2.58. The van der Waals surface area contributed by atoms with E-state index in [1.165, 1.54) is 0 Å². The number of fused-ring (bicyclic) bond motifs is 1. The van der Waals surface area contributed by atoms with E-state index in [4.69, 9.17) is 0 Å². The van der Waals surface area contributed by atoms with Crippen LogP contribution in [0.5, 0.6) is 0 Å². The number of pyridine rings is 1. The number of aromatic nitrogens is 1.